The third-order valence-electron chi connectivity index (χ3n) is 5.40. The summed E-state index contributed by atoms with van der Waals surface area (Å²) in [5, 5.41) is 14.4. The number of halogens is 1. The number of nitrogens with one attached hydrogen (secondary N) is 5. The summed E-state index contributed by atoms with van der Waals surface area (Å²) in [5.41, 5.74) is 10.0. The molecule has 5 atom stereocenters. The number of fused-ring (bicyclic) bond motifs is 1. The molecule has 25 heavy (non-hydrogen) atoms. The summed E-state index contributed by atoms with van der Waals surface area (Å²) in [6.45, 7) is 4.14. The number of rotatable bonds is 3. The third-order valence-corrected chi connectivity index (χ3v) is 5.40. The first kappa shape index (κ1) is 17.1. The molecule has 0 aromatic heterocycles. The number of hydrazine groups is 1. The van der Waals surface area contributed by atoms with Gasteiger partial charge in [0.05, 0.1) is 30.0 Å². The van der Waals surface area contributed by atoms with E-state index in [-0.39, 0.29) is 31.2 Å². The summed E-state index contributed by atoms with van der Waals surface area (Å²) in [6, 6.07) is 0.191. The van der Waals surface area contributed by atoms with Crippen LogP contribution in [0.25, 0.3) is 0 Å². The van der Waals surface area contributed by atoms with Gasteiger partial charge >= 0.3 is 0 Å². The molecule has 4 heterocycles. The van der Waals surface area contributed by atoms with Crippen molar-refractivity contribution in [2.24, 2.45) is 11.7 Å². The Morgan fingerprint density at radius 2 is 2.28 bits per heavy atom. The highest BCUT2D eigenvalue weighted by Crippen LogP contribution is 2.23. The number of hydrogen-bond donors (Lipinski definition) is 6. The molecule has 3 fully saturated rings. The van der Waals surface area contributed by atoms with Gasteiger partial charge in [-0.05, 0) is 6.42 Å². The van der Waals surface area contributed by atoms with Crippen molar-refractivity contribution in [3.05, 3.63) is 11.9 Å². The fourth-order valence-corrected chi connectivity index (χ4v) is 4.15. The van der Waals surface area contributed by atoms with Gasteiger partial charge in [-0.2, -0.15) is 0 Å². The van der Waals surface area contributed by atoms with Crippen LogP contribution in [-0.2, 0) is 4.79 Å². The van der Waals surface area contributed by atoms with Crippen molar-refractivity contribution >= 4 is 5.91 Å². The predicted octanol–water partition coefficient (Wildman–Crippen LogP) is -2.84. The average molecular weight is 354 g/mol. The fourth-order valence-electron chi connectivity index (χ4n) is 4.15. The van der Waals surface area contributed by atoms with Crippen LogP contribution < -0.4 is 32.4 Å². The largest absolute Gasteiger partial charge is 0.389 e. The maximum absolute atomic E-state index is 13.6. The van der Waals surface area contributed by atoms with Crippen LogP contribution >= 0.6 is 0 Å². The second kappa shape index (κ2) is 7.14. The summed E-state index contributed by atoms with van der Waals surface area (Å²) in [5.74, 6) is -0.614. The molecule has 4 aliphatic heterocycles. The van der Waals surface area contributed by atoms with Gasteiger partial charge in [-0.15, -0.1) is 0 Å². The van der Waals surface area contributed by atoms with Gasteiger partial charge in [0, 0.05) is 45.6 Å². The highest BCUT2D eigenvalue weighted by Gasteiger charge is 2.47. The number of nitrogens with zero attached hydrogens (tertiary/aromatic N) is 2. The first-order valence-corrected chi connectivity index (χ1v) is 8.98. The zero-order valence-corrected chi connectivity index (χ0v) is 14.2. The Balaban J connectivity index is 1.44. The van der Waals surface area contributed by atoms with Crippen molar-refractivity contribution in [2.45, 2.75) is 31.0 Å². The molecular weight excluding hydrogens is 327 g/mol. The van der Waals surface area contributed by atoms with E-state index in [0.29, 0.717) is 0 Å². The Morgan fingerprint density at radius 3 is 3.08 bits per heavy atom. The van der Waals surface area contributed by atoms with Crippen molar-refractivity contribution in [1.82, 2.24) is 36.6 Å². The van der Waals surface area contributed by atoms with E-state index in [1.807, 2.05) is 6.20 Å². The van der Waals surface area contributed by atoms with Gasteiger partial charge in [0.25, 0.3) is 0 Å². The van der Waals surface area contributed by atoms with Crippen molar-refractivity contribution in [1.29, 1.82) is 0 Å². The van der Waals surface area contributed by atoms with Crippen molar-refractivity contribution < 1.29 is 9.18 Å². The number of alkyl halides is 1. The maximum Gasteiger partial charge on any atom is 0.233 e. The van der Waals surface area contributed by atoms with E-state index in [2.05, 4.69) is 31.6 Å². The van der Waals surface area contributed by atoms with Crippen LogP contribution in [0.5, 0.6) is 0 Å². The Labute approximate surface area is 146 Å². The molecule has 9 nitrogen and oxygen atoms in total. The van der Waals surface area contributed by atoms with Gasteiger partial charge in [-0.25, -0.2) is 14.8 Å². The van der Waals surface area contributed by atoms with Gasteiger partial charge in [0.15, 0.2) is 0 Å². The van der Waals surface area contributed by atoms with E-state index in [9.17, 15) is 9.18 Å². The van der Waals surface area contributed by atoms with E-state index < -0.39 is 18.3 Å². The number of hydrogen-bond acceptors (Lipinski definition) is 8. The first-order chi connectivity index (χ1) is 12.1. The van der Waals surface area contributed by atoms with Gasteiger partial charge < -0.3 is 21.7 Å². The van der Waals surface area contributed by atoms with Gasteiger partial charge in [-0.3, -0.25) is 15.0 Å². The number of carbonyl (C=O) groups excluding carboxylic acids is 1. The molecule has 0 aromatic rings. The van der Waals surface area contributed by atoms with E-state index in [1.165, 1.54) is 0 Å². The molecule has 0 saturated carbocycles. The second-order valence-electron chi connectivity index (χ2n) is 7.10. The highest BCUT2D eigenvalue weighted by molar-refractivity contribution is 5.82. The van der Waals surface area contributed by atoms with E-state index in [4.69, 9.17) is 5.73 Å². The Kier molecular flexibility index (Phi) is 4.89. The van der Waals surface area contributed by atoms with E-state index in [0.717, 1.165) is 38.4 Å². The summed E-state index contributed by atoms with van der Waals surface area (Å²) < 4.78 is 13.6. The van der Waals surface area contributed by atoms with Crippen LogP contribution in [0.2, 0.25) is 0 Å². The maximum atomic E-state index is 13.6. The first-order valence-electron chi connectivity index (χ1n) is 8.98. The lowest BCUT2D eigenvalue weighted by molar-refractivity contribution is -0.126. The minimum atomic E-state index is -0.963. The van der Waals surface area contributed by atoms with Crippen molar-refractivity contribution in [3.63, 3.8) is 0 Å². The molecule has 1 amide bonds. The molecule has 4 rings (SSSR count). The molecule has 0 radical (unpaired) electrons. The van der Waals surface area contributed by atoms with Gasteiger partial charge in [-0.1, -0.05) is 0 Å². The van der Waals surface area contributed by atoms with E-state index in [1.54, 1.807) is 5.01 Å². The number of carbonyl (C=O) groups is 1. The highest BCUT2D eigenvalue weighted by atomic mass is 19.1. The van der Waals surface area contributed by atoms with Crippen LogP contribution in [-0.4, -0.2) is 79.8 Å². The lowest BCUT2D eigenvalue weighted by Gasteiger charge is -2.35. The standard InChI is InChI=1S/C15H27FN8O/c16-9-5-20-14-12(13(17)22-24(14)7-9)15(25)21-10-6-18-2-1-11(10)23-4-3-19-8-23/h6,9,11-14,18-20,22H,1-5,7-8,17H2,(H,21,25). The molecular formula is C15H27FN8O. The molecule has 3 saturated heterocycles. The normalized spacial score (nSPS) is 39.6. The monoisotopic (exact) mass is 354 g/mol. The van der Waals surface area contributed by atoms with Crippen molar-refractivity contribution in [2.75, 3.05) is 39.4 Å². The molecule has 0 spiro atoms. The molecule has 10 heteroatoms. The Hall–Kier alpha value is -1.30. The van der Waals surface area contributed by atoms with Crippen molar-refractivity contribution in [3.8, 4) is 0 Å². The van der Waals surface area contributed by atoms with Crippen LogP contribution in [0, 0.1) is 5.92 Å². The SMILES string of the molecule is NC1NN2CC(F)CNC2C1C(=O)NC1=CNCCC1N1CCNC1. The molecule has 140 valence electrons. The molecule has 0 aliphatic carbocycles. The molecule has 0 aromatic carbocycles. The third kappa shape index (κ3) is 3.37. The van der Waals surface area contributed by atoms with Crippen LogP contribution in [0.1, 0.15) is 6.42 Å². The number of amides is 1. The Morgan fingerprint density at radius 1 is 1.40 bits per heavy atom. The summed E-state index contributed by atoms with van der Waals surface area (Å²) in [6.07, 6.45) is 1.05. The molecule has 4 aliphatic rings. The smallest absolute Gasteiger partial charge is 0.233 e. The predicted molar refractivity (Wildman–Crippen MR) is 90.2 cm³/mol. The summed E-state index contributed by atoms with van der Waals surface area (Å²) in [4.78, 5) is 15.3. The van der Waals surface area contributed by atoms with Crippen LogP contribution in [0.15, 0.2) is 11.9 Å². The zero-order chi connectivity index (χ0) is 17.4. The fraction of sp³-hybridized carbons (Fsp3) is 0.800. The lowest BCUT2D eigenvalue weighted by Crippen LogP contribution is -2.59. The minimum absolute atomic E-state index is 0.135. The second-order valence-corrected chi connectivity index (χ2v) is 7.10. The van der Waals surface area contributed by atoms with Gasteiger partial charge in [0.2, 0.25) is 5.91 Å². The topological polar surface area (TPSA) is 110 Å². The van der Waals surface area contributed by atoms with E-state index >= 15 is 0 Å². The minimum Gasteiger partial charge on any atom is -0.389 e. The number of nitrogens with two attached hydrogens (primary N) is 1. The average Bonchev–Trinajstić information content (AvgIpc) is 3.22. The van der Waals surface area contributed by atoms with Crippen LogP contribution in [0.3, 0.4) is 0 Å². The summed E-state index contributed by atoms with van der Waals surface area (Å²) in [7, 11) is 0. The molecule has 0 bridgehead atoms. The Bertz CT molecular complexity index is 540. The van der Waals surface area contributed by atoms with Crippen LogP contribution in [0.4, 0.5) is 4.39 Å². The molecule has 5 unspecified atom stereocenters. The molecule has 7 N–H and O–H groups in total. The lowest BCUT2D eigenvalue weighted by atomic mass is 10.00. The zero-order valence-electron chi connectivity index (χ0n) is 14.2. The summed E-state index contributed by atoms with van der Waals surface area (Å²) >= 11 is 0. The quantitative estimate of drug-likeness (QED) is 0.322. The van der Waals surface area contributed by atoms with Gasteiger partial charge in [0.1, 0.15) is 6.17 Å².